The first-order valence-corrected chi connectivity index (χ1v) is 40.4. The summed E-state index contributed by atoms with van der Waals surface area (Å²) in [5.74, 6) is -0.721. The van der Waals surface area contributed by atoms with Crippen molar-refractivity contribution in [2.24, 2.45) is 50.2 Å². The van der Waals surface area contributed by atoms with Crippen LogP contribution in [0.5, 0.6) is 0 Å². The van der Waals surface area contributed by atoms with E-state index in [1.54, 1.807) is 0 Å². The van der Waals surface area contributed by atoms with Gasteiger partial charge in [-0.2, -0.15) is 0 Å². The molecule has 12 fully saturated rings. The van der Waals surface area contributed by atoms with Gasteiger partial charge >= 0.3 is 5.97 Å². The molecule has 13 aliphatic rings. The predicted molar refractivity (Wildman–Crippen MR) is 379 cm³/mol. The van der Waals surface area contributed by atoms with Gasteiger partial charge in [-0.3, -0.25) is 4.79 Å². The number of allylic oxidation sites excluding steroid dienone is 2. The van der Waals surface area contributed by atoms with Gasteiger partial charge in [-0.1, -0.05) is 60.1 Å². The third kappa shape index (κ3) is 16.4. The minimum atomic E-state index is -2.08. The van der Waals surface area contributed by atoms with E-state index in [0.717, 1.165) is 12.8 Å². The van der Waals surface area contributed by atoms with Crippen molar-refractivity contribution >= 4 is 5.97 Å². The van der Waals surface area contributed by atoms with E-state index in [4.69, 9.17) is 75.8 Å². The molecule has 0 aromatic carbocycles. The molecule has 0 radical (unpaired) electrons. The molecule has 0 spiro atoms. The van der Waals surface area contributed by atoms with Gasteiger partial charge in [0.15, 0.2) is 44.0 Å². The molecule has 13 rings (SSSR count). The molecule has 8 aliphatic heterocycles. The first-order chi connectivity index (χ1) is 54.0. The third-order valence-electron chi connectivity index (χ3n) is 29.0. The minimum Gasteiger partial charge on any atom is -0.432 e. The Balaban J connectivity index is 0.629. The predicted octanol–water partition coefficient (Wildman–Crippen LogP) is -7.41. The van der Waals surface area contributed by atoms with Crippen LogP contribution in [-0.2, 0) is 80.6 Å². The van der Waals surface area contributed by atoms with Gasteiger partial charge < -0.3 is 188 Å². The molecule has 115 heavy (non-hydrogen) atoms. The standard InChI is InChI=1S/C76H124O39/c1-27-40(80)47(87)53(93)62(104-27)101-24-34-44(84)49(89)55(95)66(109-34)112-59-33(22-78)107-65(57(97)51(59)91)108-36-26-103-64(52(92)46(36)86)113-60-41(81)28(2)105-68(58(60)98)114-61-42(82)31(79)23-100-69(61)111-39-13-14-73(7)37(72(39,5)6)12-15-75(9)38(73)11-10-29-30-20-71(3,4)16-18-76(30,19-17-74(29,75)8)70(99)115-67-56(96)50(90)45(85)35(110-67)25-102-63-54(94)48(88)43(83)32(21-77)106-63/h10,27-28,30-69,77-98H,11-26H2,1-9H3/t27-,28-,30-,31-,32+,33+,34+,35+,36+,37-,38+,39-,40-,41-,42-,43+,44+,45+,46+,47+,48-,49-,50-,51+,52+,53+,54+,55+,56+,57+,58+,59+,60+,61+,62+,63+,64-,65-,66-,67-,68-,69-,73-,74+,75+,76-/m0/s1. The van der Waals surface area contributed by atoms with Crippen LogP contribution in [0.15, 0.2) is 11.6 Å². The van der Waals surface area contributed by atoms with Gasteiger partial charge in [-0.15, -0.1) is 0 Å². The number of rotatable bonds is 20. The molecule has 39 nitrogen and oxygen atoms in total. The van der Waals surface area contributed by atoms with Crippen LogP contribution in [0.25, 0.3) is 0 Å². The number of carbonyl (C=O) groups excluding carboxylic acids is 1. The molecule has 4 saturated carbocycles. The summed E-state index contributed by atoms with van der Waals surface area (Å²) in [5.41, 5.74) is -1.64. The molecule has 0 amide bonds. The first-order valence-electron chi connectivity index (χ1n) is 40.4. The maximum absolute atomic E-state index is 15.3. The van der Waals surface area contributed by atoms with Crippen LogP contribution >= 0.6 is 0 Å². The smallest absolute Gasteiger partial charge is 0.315 e. The zero-order chi connectivity index (χ0) is 83.7. The number of aliphatic hydroxyl groups is 22. The third-order valence-corrected chi connectivity index (χ3v) is 29.0. The number of esters is 1. The van der Waals surface area contributed by atoms with Crippen molar-refractivity contribution in [2.45, 2.75) is 366 Å². The van der Waals surface area contributed by atoms with Crippen molar-refractivity contribution in [1.29, 1.82) is 0 Å². The second-order valence-corrected chi connectivity index (χ2v) is 36.7. The van der Waals surface area contributed by atoms with E-state index in [0.29, 0.717) is 51.4 Å². The molecule has 5 aliphatic carbocycles. The lowest BCUT2D eigenvalue weighted by atomic mass is 9.33. The second-order valence-electron chi connectivity index (χ2n) is 36.7. The maximum atomic E-state index is 15.3. The van der Waals surface area contributed by atoms with Gasteiger partial charge in [0.2, 0.25) is 6.29 Å². The Kier molecular flexibility index (Phi) is 27.3. The van der Waals surface area contributed by atoms with E-state index in [1.807, 2.05) is 0 Å². The molecule has 8 heterocycles. The Labute approximate surface area is 664 Å². The number of fused-ring (bicyclic) bond motifs is 7. The van der Waals surface area contributed by atoms with Crippen molar-refractivity contribution in [1.82, 2.24) is 0 Å². The lowest BCUT2D eigenvalue weighted by Gasteiger charge is -2.71. The molecular formula is C76H124O39. The van der Waals surface area contributed by atoms with Crippen LogP contribution in [0.4, 0.5) is 0 Å². The number of hydrogen-bond acceptors (Lipinski definition) is 39. The average molecular weight is 1660 g/mol. The molecule has 0 bridgehead atoms. The summed E-state index contributed by atoms with van der Waals surface area (Å²) in [4.78, 5) is 15.3. The molecule has 22 N–H and O–H groups in total. The molecule has 46 atom stereocenters. The van der Waals surface area contributed by atoms with Crippen LogP contribution < -0.4 is 0 Å². The highest BCUT2D eigenvalue weighted by Crippen LogP contribution is 2.76. The zero-order valence-corrected chi connectivity index (χ0v) is 65.9. The molecule has 39 heteroatoms. The van der Waals surface area contributed by atoms with Crippen LogP contribution in [0.3, 0.4) is 0 Å². The van der Waals surface area contributed by atoms with Gasteiger partial charge in [-0.25, -0.2) is 0 Å². The van der Waals surface area contributed by atoms with Crippen molar-refractivity contribution in [2.75, 3.05) is 39.6 Å². The number of hydrogen-bond donors (Lipinski definition) is 22. The minimum absolute atomic E-state index is 0.0505. The number of carbonyl (C=O) groups is 1. The fraction of sp³-hybridized carbons (Fsp3) is 0.961. The van der Waals surface area contributed by atoms with Gasteiger partial charge in [-0.05, 0) is 123 Å². The summed E-state index contributed by atoms with van der Waals surface area (Å²) in [6.07, 6.45) is -56.7. The summed E-state index contributed by atoms with van der Waals surface area (Å²) in [6.45, 7) is 14.6. The fourth-order valence-corrected chi connectivity index (χ4v) is 21.5. The van der Waals surface area contributed by atoms with E-state index in [9.17, 15) is 112 Å². The van der Waals surface area contributed by atoms with Crippen molar-refractivity contribution in [3.63, 3.8) is 0 Å². The Hall–Kier alpha value is -2.27. The first kappa shape index (κ1) is 90.5. The van der Waals surface area contributed by atoms with E-state index in [-0.39, 0.29) is 40.6 Å². The Bertz CT molecular complexity index is 3290. The Morgan fingerprint density at radius 1 is 0.417 bits per heavy atom. The molecule has 662 valence electrons. The van der Waals surface area contributed by atoms with Crippen molar-refractivity contribution in [3.8, 4) is 0 Å². The van der Waals surface area contributed by atoms with Crippen LogP contribution in [0, 0.1) is 50.2 Å². The van der Waals surface area contributed by atoms with E-state index < -0.39 is 295 Å². The van der Waals surface area contributed by atoms with Gasteiger partial charge in [0.1, 0.15) is 171 Å². The summed E-state index contributed by atoms with van der Waals surface area (Å²) in [6, 6.07) is 0. The highest BCUT2D eigenvalue weighted by atomic mass is 16.8. The number of aliphatic hydroxyl groups excluding tert-OH is 22. The van der Waals surface area contributed by atoms with Gasteiger partial charge in [0.25, 0.3) is 0 Å². The van der Waals surface area contributed by atoms with Crippen LogP contribution in [-0.4, -0.2) is 397 Å². The zero-order valence-electron chi connectivity index (χ0n) is 65.9. The van der Waals surface area contributed by atoms with Crippen LogP contribution in [0.2, 0.25) is 0 Å². The average Bonchev–Trinajstić information content (AvgIpc) is 0.674. The topological polar surface area (TPSA) is 610 Å². The Morgan fingerprint density at radius 2 is 0.913 bits per heavy atom. The normalized spacial score (nSPS) is 54.6. The largest absolute Gasteiger partial charge is 0.432 e. The Morgan fingerprint density at radius 3 is 1.56 bits per heavy atom. The van der Waals surface area contributed by atoms with Gasteiger partial charge in [0.05, 0.1) is 63.4 Å². The van der Waals surface area contributed by atoms with Crippen LogP contribution in [0.1, 0.15) is 127 Å². The molecular weight excluding hydrogens is 1540 g/mol. The lowest BCUT2D eigenvalue weighted by molar-refractivity contribution is -0.387. The highest BCUT2D eigenvalue weighted by molar-refractivity contribution is 5.79. The summed E-state index contributed by atoms with van der Waals surface area (Å²) < 4.78 is 94.6. The molecule has 0 unspecified atom stereocenters. The molecule has 8 saturated heterocycles. The monoisotopic (exact) mass is 1660 g/mol. The van der Waals surface area contributed by atoms with Crippen molar-refractivity contribution in [3.05, 3.63) is 11.6 Å². The SMILES string of the molecule is C[C@@H]1O[C@@H](OC[C@H]2O[C@@H](O[C@H]3[C@H](O)[C@@H](O)[C@H](O[C@@H]4CO[C@@H](O[C@@H]5[C@@H](O)[C@H](C)O[C@@H](O[C@H]6[C@H](O[C@H]7CC[C@]8(C)[C@H]9CC=C%10[C@@H]%11CC(C)(C)CC[C@]%11(C(=O)O[C@@H]%11O[C@H](CO[C@@H]%12O[C@H](CO)[C@@H](O)[C@H](O)[C@H]%12O)[C@@H](O)[C@H](O)[C@H]%11O)CC[C@@]%10(C)[C@]9(C)CC[C@H]8C7(C)C)OC[C@H](O)[C@@H]6O)[C@@H]5O)[C@H](O)[C@@H]4O)O[C@@H]3CO)[C@H](O)[C@@H](O)[C@@H]2O)[C@H](O)[C@H](O)[C@H]1O. The van der Waals surface area contributed by atoms with E-state index in [2.05, 4.69) is 54.5 Å². The highest BCUT2D eigenvalue weighted by Gasteiger charge is 2.71. The fourth-order valence-electron chi connectivity index (χ4n) is 21.5. The van der Waals surface area contributed by atoms with Gasteiger partial charge in [0, 0.05) is 0 Å². The van der Waals surface area contributed by atoms with E-state index >= 15 is 4.79 Å². The lowest BCUT2D eigenvalue weighted by Crippen LogP contribution is -2.66. The maximum Gasteiger partial charge on any atom is 0.315 e. The molecule has 0 aromatic heterocycles. The summed E-state index contributed by atoms with van der Waals surface area (Å²) in [5, 5.41) is 240. The molecule has 0 aromatic rings. The second kappa shape index (κ2) is 34.7. The summed E-state index contributed by atoms with van der Waals surface area (Å²) in [7, 11) is 0. The number of ether oxygens (including phenoxy) is 16. The summed E-state index contributed by atoms with van der Waals surface area (Å²) >= 11 is 0. The van der Waals surface area contributed by atoms with E-state index in [1.165, 1.54) is 19.4 Å². The van der Waals surface area contributed by atoms with Crippen molar-refractivity contribution < 1.29 is 193 Å². The quantitative estimate of drug-likeness (QED) is 0.0306.